The molecule has 1 spiro atoms. The fourth-order valence-electron chi connectivity index (χ4n) is 7.07. The van der Waals surface area contributed by atoms with Crippen LogP contribution in [0.2, 0.25) is 5.02 Å². The van der Waals surface area contributed by atoms with Crippen molar-refractivity contribution < 1.29 is 0 Å². The quantitative estimate of drug-likeness (QED) is 0.579. The maximum atomic E-state index is 13.4. The lowest BCUT2D eigenvalue weighted by atomic mass is 9.65. The SMILES string of the molecule is Cn1c2c(c(=O)n1Cc1csc(-c3ccc(Cl)cc3)n1)[C@H]1CCC13C(C)(C)[C@]23C. The topological polar surface area (TPSA) is 39.8 Å². The summed E-state index contributed by atoms with van der Waals surface area (Å²) in [5.41, 5.74) is 5.26. The van der Waals surface area contributed by atoms with Crippen LogP contribution in [0.15, 0.2) is 34.4 Å². The standard InChI is InChI=1S/C23H24ClN3OS/c1-21(2)22(3)18-17(16-9-10-23(16,21)22)20(28)27(26(18)4)11-15-12-29-19(25-15)13-5-7-14(24)8-6-13/h5-8,12,16H,9-11H2,1-4H3/t16-,22+,23?/m1/s1. The van der Waals surface area contributed by atoms with Crippen molar-refractivity contribution >= 4 is 22.9 Å². The first-order valence-electron chi connectivity index (χ1n) is 10.2. The summed E-state index contributed by atoms with van der Waals surface area (Å²) in [6, 6.07) is 7.74. The zero-order valence-corrected chi connectivity index (χ0v) is 18.7. The Morgan fingerprint density at radius 2 is 1.97 bits per heavy atom. The molecule has 29 heavy (non-hydrogen) atoms. The number of rotatable bonds is 3. The minimum atomic E-state index is 0.119. The Morgan fingerprint density at radius 3 is 2.62 bits per heavy atom. The van der Waals surface area contributed by atoms with E-state index < -0.39 is 0 Å². The van der Waals surface area contributed by atoms with Gasteiger partial charge in [-0.1, -0.05) is 44.5 Å². The van der Waals surface area contributed by atoms with E-state index in [1.807, 2.05) is 28.9 Å². The molecule has 0 amide bonds. The average Bonchev–Trinajstić information content (AvgIpc) is 3.03. The number of nitrogens with zero attached hydrogens (tertiary/aromatic N) is 3. The highest BCUT2D eigenvalue weighted by Gasteiger charge is 2.89. The average molecular weight is 426 g/mol. The fourth-order valence-corrected chi connectivity index (χ4v) is 8.02. The molecule has 0 radical (unpaired) electrons. The van der Waals surface area contributed by atoms with Gasteiger partial charge in [-0.05, 0) is 41.7 Å². The summed E-state index contributed by atoms with van der Waals surface area (Å²) in [6.07, 6.45) is 2.41. The smallest absolute Gasteiger partial charge is 0.270 e. The van der Waals surface area contributed by atoms with Gasteiger partial charge in [-0.25, -0.2) is 9.67 Å². The van der Waals surface area contributed by atoms with Crippen molar-refractivity contribution in [1.29, 1.82) is 0 Å². The summed E-state index contributed by atoms with van der Waals surface area (Å²) >= 11 is 7.61. The van der Waals surface area contributed by atoms with Gasteiger partial charge in [-0.15, -0.1) is 11.3 Å². The highest BCUT2D eigenvalue weighted by atomic mass is 35.5. The van der Waals surface area contributed by atoms with Crippen LogP contribution in [-0.2, 0) is 19.0 Å². The molecule has 1 unspecified atom stereocenters. The molecule has 3 atom stereocenters. The van der Waals surface area contributed by atoms with E-state index in [0.29, 0.717) is 17.9 Å². The lowest BCUT2D eigenvalue weighted by Gasteiger charge is -2.38. The summed E-state index contributed by atoms with van der Waals surface area (Å²) in [6.45, 7) is 7.68. The lowest BCUT2D eigenvalue weighted by molar-refractivity contribution is 0.170. The number of fused-ring (bicyclic) bond motifs is 3. The van der Waals surface area contributed by atoms with Gasteiger partial charge in [0.2, 0.25) is 0 Å². The molecule has 0 aliphatic heterocycles. The fraction of sp³-hybridized carbons (Fsp3) is 0.478. The van der Waals surface area contributed by atoms with Gasteiger partial charge in [-0.2, -0.15) is 0 Å². The summed E-state index contributed by atoms with van der Waals surface area (Å²) in [7, 11) is 2.06. The zero-order valence-electron chi connectivity index (χ0n) is 17.1. The summed E-state index contributed by atoms with van der Waals surface area (Å²) < 4.78 is 4.04. The number of benzene rings is 1. The molecule has 3 aromatic rings. The molecule has 2 heterocycles. The van der Waals surface area contributed by atoms with Gasteiger partial charge in [0.1, 0.15) is 5.01 Å². The van der Waals surface area contributed by atoms with Gasteiger partial charge >= 0.3 is 0 Å². The first kappa shape index (κ1) is 18.0. The van der Waals surface area contributed by atoms with E-state index in [2.05, 4.69) is 37.9 Å². The molecule has 2 fully saturated rings. The van der Waals surface area contributed by atoms with Crippen LogP contribution in [0.25, 0.3) is 10.6 Å². The van der Waals surface area contributed by atoms with Crippen molar-refractivity contribution in [3.63, 3.8) is 0 Å². The molecular formula is C23H24ClN3OS. The normalized spacial score (nSPS) is 30.4. The Balaban J connectivity index is 1.38. The van der Waals surface area contributed by atoms with Gasteiger partial charge in [0.05, 0.1) is 17.9 Å². The highest BCUT2D eigenvalue weighted by molar-refractivity contribution is 7.13. The molecule has 3 aliphatic carbocycles. The number of halogens is 1. The van der Waals surface area contributed by atoms with Gasteiger partial charge in [-0.3, -0.25) is 9.48 Å². The van der Waals surface area contributed by atoms with Crippen molar-refractivity contribution in [2.24, 2.45) is 17.9 Å². The van der Waals surface area contributed by atoms with E-state index in [-0.39, 0.29) is 16.4 Å². The zero-order chi connectivity index (χ0) is 20.3. The number of hydrogen-bond donors (Lipinski definition) is 0. The number of hydrogen-bond acceptors (Lipinski definition) is 3. The van der Waals surface area contributed by atoms with Crippen LogP contribution < -0.4 is 5.56 Å². The van der Waals surface area contributed by atoms with Crippen LogP contribution in [-0.4, -0.2) is 14.3 Å². The van der Waals surface area contributed by atoms with E-state index in [0.717, 1.165) is 33.3 Å². The maximum absolute atomic E-state index is 13.4. The third kappa shape index (κ3) is 1.80. The highest BCUT2D eigenvalue weighted by Crippen LogP contribution is 2.92. The molecular weight excluding hydrogens is 402 g/mol. The van der Waals surface area contributed by atoms with E-state index in [4.69, 9.17) is 16.6 Å². The Labute approximate surface area is 179 Å². The van der Waals surface area contributed by atoms with Crippen LogP contribution in [0.5, 0.6) is 0 Å². The second-order valence-electron chi connectivity index (χ2n) is 9.61. The second-order valence-corrected chi connectivity index (χ2v) is 10.9. The largest absolute Gasteiger partial charge is 0.288 e. The van der Waals surface area contributed by atoms with Crippen LogP contribution in [0.4, 0.5) is 0 Å². The summed E-state index contributed by atoms with van der Waals surface area (Å²) in [5, 5.41) is 3.74. The van der Waals surface area contributed by atoms with Crippen molar-refractivity contribution in [1.82, 2.24) is 14.3 Å². The summed E-state index contributed by atoms with van der Waals surface area (Å²) in [4.78, 5) is 18.2. The summed E-state index contributed by atoms with van der Waals surface area (Å²) in [5.74, 6) is 0.442. The first-order chi connectivity index (χ1) is 13.7. The maximum Gasteiger partial charge on any atom is 0.270 e. The number of thiazole rings is 1. The molecule has 2 saturated carbocycles. The van der Waals surface area contributed by atoms with Crippen LogP contribution in [0.3, 0.4) is 0 Å². The third-order valence-electron chi connectivity index (χ3n) is 8.80. The van der Waals surface area contributed by atoms with Crippen molar-refractivity contribution in [2.75, 3.05) is 0 Å². The minimum Gasteiger partial charge on any atom is -0.288 e. The molecule has 6 rings (SSSR count). The monoisotopic (exact) mass is 425 g/mol. The second kappa shape index (κ2) is 5.25. The molecule has 150 valence electrons. The van der Waals surface area contributed by atoms with Crippen LogP contribution >= 0.6 is 22.9 Å². The number of aromatic nitrogens is 3. The molecule has 6 heteroatoms. The van der Waals surface area contributed by atoms with Crippen LogP contribution in [0.1, 0.15) is 56.5 Å². The van der Waals surface area contributed by atoms with E-state index in [1.54, 1.807) is 11.3 Å². The molecule has 0 N–H and O–H groups in total. The molecule has 4 nitrogen and oxygen atoms in total. The van der Waals surface area contributed by atoms with Crippen LogP contribution in [0, 0.1) is 10.8 Å². The lowest BCUT2D eigenvalue weighted by Crippen LogP contribution is -2.34. The van der Waals surface area contributed by atoms with Gasteiger partial charge in [0.15, 0.2) is 0 Å². The van der Waals surface area contributed by atoms with Crippen molar-refractivity contribution in [3.05, 3.63) is 62.0 Å². The van der Waals surface area contributed by atoms with E-state index in [1.165, 1.54) is 12.1 Å². The van der Waals surface area contributed by atoms with Crippen molar-refractivity contribution in [2.45, 2.75) is 51.5 Å². The minimum absolute atomic E-state index is 0.119. The van der Waals surface area contributed by atoms with E-state index in [9.17, 15) is 4.79 Å². The first-order valence-corrected chi connectivity index (χ1v) is 11.5. The van der Waals surface area contributed by atoms with Crippen molar-refractivity contribution in [3.8, 4) is 10.6 Å². The molecule has 3 aliphatic rings. The van der Waals surface area contributed by atoms with E-state index >= 15 is 0 Å². The Hall–Kier alpha value is -1.85. The van der Waals surface area contributed by atoms with Gasteiger partial charge in [0, 0.05) is 34.0 Å². The van der Waals surface area contributed by atoms with Gasteiger partial charge < -0.3 is 0 Å². The Kier molecular flexibility index (Phi) is 3.25. The third-order valence-corrected chi connectivity index (χ3v) is 9.99. The molecule has 2 aromatic heterocycles. The molecule has 1 aromatic carbocycles. The predicted octanol–water partition coefficient (Wildman–Crippen LogP) is 5.19. The predicted molar refractivity (Wildman–Crippen MR) is 117 cm³/mol. The Bertz CT molecular complexity index is 1230. The van der Waals surface area contributed by atoms with Gasteiger partial charge in [0.25, 0.3) is 5.56 Å². The molecule has 0 saturated heterocycles. The molecule has 0 bridgehead atoms. The Morgan fingerprint density at radius 1 is 1.24 bits per heavy atom.